The number of rotatable bonds is 3. The van der Waals surface area contributed by atoms with Gasteiger partial charge in [0.15, 0.2) is 0 Å². The first-order chi connectivity index (χ1) is 6.79. The lowest BCUT2D eigenvalue weighted by atomic mass is 10.4. The van der Waals surface area contributed by atoms with Crippen molar-refractivity contribution >= 4 is 38.6 Å². The molecule has 0 aromatic carbocycles. The molecule has 5 heteroatoms. The third-order valence-corrected chi connectivity index (χ3v) is 4.11. The summed E-state index contributed by atoms with van der Waals surface area (Å²) in [6.45, 7) is 0.594. The summed E-state index contributed by atoms with van der Waals surface area (Å²) in [5.41, 5.74) is 1.04. The van der Waals surface area contributed by atoms with Crippen LogP contribution in [0.3, 0.4) is 0 Å². The second-order valence-corrected chi connectivity index (χ2v) is 6.07. The molecule has 14 heavy (non-hydrogen) atoms. The van der Waals surface area contributed by atoms with Gasteiger partial charge in [0.05, 0.1) is 21.0 Å². The summed E-state index contributed by atoms with van der Waals surface area (Å²) >= 11 is 6.76. The van der Waals surface area contributed by atoms with Crippen molar-refractivity contribution in [1.82, 2.24) is 4.98 Å². The molecular weight excluding hydrogens is 282 g/mol. The number of hydrogen-bond donors (Lipinski definition) is 0. The van der Waals surface area contributed by atoms with Crippen molar-refractivity contribution in [3.8, 4) is 10.6 Å². The van der Waals surface area contributed by atoms with Crippen molar-refractivity contribution in [1.29, 1.82) is 0 Å². The molecule has 0 aliphatic rings. The highest BCUT2D eigenvalue weighted by molar-refractivity contribution is 9.11. The number of thiophene rings is 1. The van der Waals surface area contributed by atoms with Crippen molar-refractivity contribution in [2.75, 3.05) is 7.11 Å². The minimum atomic E-state index is 0.594. The third-order valence-electron chi connectivity index (χ3n) is 1.65. The second kappa shape index (κ2) is 4.53. The van der Waals surface area contributed by atoms with E-state index in [0.29, 0.717) is 6.61 Å². The van der Waals surface area contributed by atoms with Crippen molar-refractivity contribution in [2.45, 2.75) is 6.61 Å². The molecule has 0 bridgehead atoms. The molecule has 0 atom stereocenters. The number of halogens is 1. The van der Waals surface area contributed by atoms with Gasteiger partial charge in [0.1, 0.15) is 5.01 Å². The molecule has 74 valence electrons. The Labute approximate surface area is 98.7 Å². The molecule has 0 amide bonds. The zero-order chi connectivity index (χ0) is 9.97. The van der Waals surface area contributed by atoms with Crippen molar-refractivity contribution in [2.24, 2.45) is 0 Å². The third kappa shape index (κ3) is 2.23. The molecule has 0 saturated carbocycles. The average Bonchev–Trinajstić information content (AvgIpc) is 2.74. The van der Waals surface area contributed by atoms with Crippen LogP contribution in [0.1, 0.15) is 5.01 Å². The van der Waals surface area contributed by atoms with Crippen LogP contribution in [0.4, 0.5) is 0 Å². The molecule has 0 unspecified atom stereocenters. The largest absolute Gasteiger partial charge is 0.378 e. The summed E-state index contributed by atoms with van der Waals surface area (Å²) in [7, 11) is 1.68. The van der Waals surface area contributed by atoms with Gasteiger partial charge >= 0.3 is 0 Å². The molecule has 2 heterocycles. The maximum absolute atomic E-state index is 5.02. The van der Waals surface area contributed by atoms with Gasteiger partial charge in [-0.25, -0.2) is 4.98 Å². The number of aromatic nitrogens is 1. The predicted molar refractivity (Wildman–Crippen MR) is 63.8 cm³/mol. The normalized spacial score (nSPS) is 10.7. The molecule has 2 rings (SSSR count). The summed E-state index contributed by atoms with van der Waals surface area (Å²) in [6.07, 6.45) is 0. The van der Waals surface area contributed by atoms with E-state index < -0.39 is 0 Å². The fraction of sp³-hybridized carbons (Fsp3) is 0.222. The van der Waals surface area contributed by atoms with Gasteiger partial charge in [-0.2, -0.15) is 0 Å². The van der Waals surface area contributed by atoms with Crippen LogP contribution in [-0.4, -0.2) is 12.1 Å². The van der Waals surface area contributed by atoms with E-state index in [2.05, 4.69) is 32.4 Å². The van der Waals surface area contributed by atoms with E-state index in [9.17, 15) is 0 Å². The summed E-state index contributed by atoms with van der Waals surface area (Å²) in [5, 5.41) is 3.08. The number of hydrogen-bond acceptors (Lipinski definition) is 4. The monoisotopic (exact) mass is 289 g/mol. The standard InChI is InChI=1S/C9H8BrNOS2/c1-12-4-9-11-6(5-13-9)7-2-3-8(10)14-7/h2-3,5H,4H2,1H3. The van der Waals surface area contributed by atoms with Crippen LogP contribution in [0.15, 0.2) is 21.3 Å². The Morgan fingerprint density at radius 3 is 3.00 bits per heavy atom. The maximum atomic E-state index is 5.02. The van der Waals surface area contributed by atoms with Gasteiger partial charge < -0.3 is 4.74 Å². The van der Waals surface area contributed by atoms with E-state index in [1.165, 1.54) is 4.88 Å². The summed E-state index contributed by atoms with van der Waals surface area (Å²) in [6, 6.07) is 4.11. The van der Waals surface area contributed by atoms with Gasteiger partial charge in [-0.05, 0) is 28.1 Å². The van der Waals surface area contributed by atoms with Crippen molar-refractivity contribution in [3.63, 3.8) is 0 Å². The van der Waals surface area contributed by atoms with Crippen LogP contribution in [0, 0.1) is 0 Å². The minimum Gasteiger partial charge on any atom is -0.378 e. The maximum Gasteiger partial charge on any atom is 0.119 e. The highest BCUT2D eigenvalue weighted by atomic mass is 79.9. The van der Waals surface area contributed by atoms with E-state index in [4.69, 9.17) is 4.74 Å². The van der Waals surface area contributed by atoms with Crippen molar-refractivity contribution < 1.29 is 4.74 Å². The second-order valence-electron chi connectivity index (χ2n) is 2.66. The molecular formula is C9H8BrNOS2. The SMILES string of the molecule is COCc1nc(-c2ccc(Br)s2)cs1. The molecule has 0 spiro atoms. The molecule has 2 aromatic rings. The Morgan fingerprint density at radius 1 is 1.50 bits per heavy atom. The molecule has 2 aromatic heterocycles. The summed E-state index contributed by atoms with van der Waals surface area (Å²) < 4.78 is 6.16. The highest BCUT2D eigenvalue weighted by Crippen LogP contribution is 2.31. The smallest absolute Gasteiger partial charge is 0.119 e. The zero-order valence-corrected chi connectivity index (χ0v) is 10.7. The first kappa shape index (κ1) is 10.3. The van der Waals surface area contributed by atoms with E-state index in [1.54, 1.807) is 29.8 Å². The van der Waals surface area contributed by atoms with Crippen molar-refractivity contribution in [3.05, 3.63) is 26.3 Å². The molecule has 0 fully saturated rings. The van der Waals surface area contributed by atoms with Crippen LogP contribution < -0.4 is 0 Å². The quantitative estimate of drug-likeness (QED) is 0.858. The number of nitrogens with zero attached hydrogens (tertiary/aromatic N) is 1. The first-order valence-corrected chi connectivity index (χ1v) is 6.47. The zero-order valence-electron chi connectivity index (χ0n) is 7.49. The Morgan fingerprint density at radius 2 is 2.36 bits per heavy atom. The fourth-order valence-electron chi connectivity index (χ4n) is 1.07. The average molecular weight is 290 g/mol. The van der Waals surface area contributed by atoms with Gasteiger partial charge in [-0.15, -0.1) is 22.7 Å². The van der Waals surface area contributed by atoms with Gasteiger partial charge in [0.2, 0.25) is 0 Å². The van der Waals surface area contributed by atoms with E-state index in [-0.39, 0.29) is 0 Å². The minimum absolute atomic E-state index is 0.594. The molecule has 0 N–H and O–H groups in total. The molecule has 0 aliphatic heterocycles. The predicted octanol–water partition coefficient (Wildman–Crippen LogP) is 3.78. The van der Waals surface area contributed by atoms with Crippen LogP contribution in [0.25, 0.3) is 10.6 Å². The van der Waals surface area contributed by atoms with Crippen LogP contribution in [0.5, 0.6) is 0 Å². The Balaban J connectivity index is 2.24. The highest BCUT2D eigenvalue weighted by Gasteiger charge is 2.06. The van der Waals surface area contributed by atoms with E-state index in [0.717, 1.165) is 14.5 Å². The Kier molecular flexibility index (Phi) is 3.33. The van der Waals surface area contributed by atoms with E-state index in [1.807, 2.05) is 6.07 Å². The number of ether oxygens (including phenoxy) is 1. The van der Waals surface area contributed by atoms with Gasteiger partial charge in [-0.1, -0.05) is 0 Å². The first-order valence-electron chi connectivity index (χ1n) is 3.98. The number of methoxy groups -OCH3 is 1. The molecule has 0 radical (unpaired) electrons. The summed E-state index contributed by atoms with van der Waals surface area (Å²) in [4.78, 5) is 5.66. The lowest BCUT2D eigenvalue weighted by Crippen LogP contribution is -1.84. The fourth-order valence-corrected chi connectivity index (χ4v) is 3.25. The van der Waals surface area contributed by atoms with Crippen LogP contribution >= 0.6 is 38.6 Å². The Bertz CT molecular complexity index is 424. The molecule has 0 aliphatic carbocycles. The van der Waals surface area contributed by atoms with E-state index >= 15 is 0 Å². The summed E-state index contributed by atoms with van der Waals surface area (Å²) in [5.74, 6) is 0. The lowest BCUT2D eigenvalue weighted by molar-refractivity contribution is 0.184. The van der Waals surface area contributed by atoms with Gasteiger partial charge in [0.25, 0.3) is 0 Å². The van der Waals surface area contributed by atoms with Gasteiger partial charge in [-0.3, -0.25) is 0 Å². The Hall–Kier alpha value is -0.230. The van der Waals surface area contributed by atoms with Crippen LogP contribution in [0.2, 0.25) is 0 Å². The van der Waals surface area contributed by atoms with Gasteiger partial charge in [0, 0.05) is 12.5 Å². The molecule has 0 saturated heterocycles. The number of thiazole rings is 1. The molecule has 2 nitrogen and oxygen atoms in total. The lowest BCUT2D eigenvalue weighted by Gasteiger charge is -1.90. The topological polar surface area (TPSA) is 22.1 Å². The van der Waals surface area contributed by atoms with Crippen LogP contribution in [-0.2, 0) is 11.3 Å².